The highest BCUT2D eigenvalue weighted by Gasteiger charge is 2.43. The lowest BCUT2D eigenvalue weighted by molar-refractivity contribution is -0.121. The lowest BCUT2D eigenvalue weighted by atomic mass is 9.88. The number of ether oxygens (including phenoxy) is 1. The van der Waals surface area contributed by atoms with Crippen LogP contribution in [-0.4, -0.2) is 42.4 Å². The van der Waals surface area contributed by atoms with Crippen molar-refractivity contribution in [3.05, 3.63) is 16.0 Å². The van der Waals surface area contributed by atoms with Crippen molar-refractivity contribution in [3.63, 3.8) is 0 Å². The molecule has 0 aliphatic heterocycles. The van der Waals surface area contributed by atoms with Gasteiger partial charge in [0.25, 0.3) is 5.91 Å². The average Bonchev–Trinajstić information content (AvgIpc) is 3.37. The van der Waals surface area contributed by atoms with Crippen LogP contribution in [0.2, 0.25) is 0 Å². The number of carbonyl (C=O) groups is 3. The Labute approximate surface area is 170 Å². The topological polar surface area (TPSA) is 75.7 Å². The van der Waals surface area contributed by atoms with Crippen molar-refractivity contribution in [2.45, 2.75) is 53.4 Å². The summed E-state index contributed by atoms with van der Waals surface area (Å²) in [6.07, 6.45) is 4.41. The number of hydrogen-bond donors (Lipinski definition) is 1. The molecule has 3 unspecified atom stereocenters. The van der Waals surface area contributed by atoms with E-state index in [2.05, 4.69) is 5.32 Å². The van der Waals surface area contributed by atoms with Crippen LogP contribution in [0.1, 0.15) is 72.0 Å². The van der Waals surface area contributed by atoms with Gasteiger partial charge in [-0.15, -0.1) is 11.3 Å². The van der Waals surface area contributed by atoms with Gasteiger partial charge < -0.3 is 15.0 Å². The van der Waals surface area contributed by atoms with Gasteiger partial charge >= 0.3 is 5.97 Å². The number of rotatable bonds is 7. The summed E-state index contributed by atoms with van der Waals surface area (Å²) in [4.78, 5) is 40.6. The number of thiophene rings is 1. The first-order chi connectivity index (χ1) is 13.4. The van der Waals surface area contributed by atoms with Gasteiger partial charge in [-0.25, -0.2) is 4.79 Å². The van der Waals surface area contributed by atoms with E-state index in [1.54, 1.807) is 18.7 Å². The van der Waals surface area contributed by atoms with Crippen LogP contribution in [0.5, 0.6) is 0 Å². The van der Waals surface area contributed by atoms with Crippen LogP contribution >= 0.6 is 11.3 Å². The molecule has 2 saturated carbocycles. The summed E-state index contributed by atoms with van der Waals surface area (Å²) in [5, 5.41) is 3.42. The third kappa shape index (κ3) is 3.81. The molecule has 2 bridgehead atoms. The molecule has 0 aromatic carbocycles. The first-order valence-corrected chi connectivity index (χ1v) is 11.1. The first-order valence-electron chi connectivity index (χ1n) is 10.3. The van der Waals surface area contributed by atoms with Crippen LogP contribution in [0.3, 0.4) is 0 Å². The van der Waals surface area contributed by atoms with Crippen LogP contribution in [0.4, 0.5) is 5.00 Å². The molecular formula is C21H30N2O4S. The average molecular weight is 407 g/mol. The first kappa shape index (κ1) is 20.8. The maximum Gasteiger partial charge on any atom is 0.341 e. The lowest BCUT2D eigenvalue weighted by Crippen LogP contribution is -2.30. The fraction of sp³-hybridized carbons (Fsp3) is 0.667. The van der Waals surface area contributed by atoms with Crippen molar-refractivity contribution in [2.24, 2.45) is 17.8 Å². The van der Waals surface area contributed by atoms with Gasteiger partial charge in [0.15, 0.2) is 0 Å². The minimum Gasteiger partial charge on any atom is -0.462 e. The highest BCUT2D eigenvalue weighted by atomic mass is 32.1. The molecule has 0 radical (unpaired) electrons. The monoisotopic (exact) mass is 406 g/mol. The molecule has 1 aromatic rings. The SMILES string of the molecule is CCOC(=O)c1c(NC(=O)C2CC3CCC2C3)sc(C(=O)N(CC)CC)c1C. The third-order valence-corrected chi connectivity index (χ3v) is 7.38. The highest BCUT2D eigenvalue weighted by molar-refractivity contribution is 7.18. The fourth-order valence-corrected chi connectivity index (χ4v) is 5.85. The second-order valence-electron chi connectivity index (χ2n) is 7.73. The molecule has 28 heavy (non-hydrogen) atoms. The third-order valence-electron chi connectivity index (χ3n) is 6.18. The van der Waals surface area contributed by atoms with Gasteiger partial charge in [-0.3, -0.25) is 9.59 Å². The molecule has 2 fully saturated rings. The van der Waals surface area contributed by atoms with Gasteiger partial charge in [-0.05, 0) is 64.4 Å². The van der Waals surface area contributed by atoms with E-state index < -0.39 is 5.97 Å². The predicted molar refractivity (Wildman–Crippen MR) is 110 cm³/mol. The largest absolute Gasteiger partial charge is 0.462 e. The zero-order valence-corrected chi connectivity index (χ0v) is 18.0. The van der Waals surface area contributed by atoms with Gasteiger partial charge in [0.05, 0.1) is 17.0 Å². The normalized spacial score (nSPS) is 22.9. The van der Waals surface area contributed by atoms with Crippen LogP contribution in [-0.2, 0) is 9.53 Å². The summed E-state index contributed by atoms with van der Waals surface area (Å²) in [5.74, 6) is 0.500. The van der Waals surface area contributed by atoms with Gasteiger partial charge in [-0.1, -0.05) is 6.42 Å². The van der Waals surface area contributed by atoms with Crippen LogP contribution < -0.4 is 5.32 Å². The van der Waals surface area contributed by atoms with E-state index in [-0.39, 0.29) is 24.3 Å². The summed E-state index contributed by atoms with van der Waals surface area (Å²) in [6, 6.07) is 0. The van der Waals surface area contributed by atoms with Crippen molar-refractivity contribution in [1.29, 1.82) is 0 Å². The summed E-state index contributed by atoms with van der Waals surface area (Å²) >= 11 is 1.19. The van der Waals surface area contributed by atoms with Crippen LogP contribution in [0.15, 0.2) is 0 Å². The van der Waals surface area contributed by atoms with Crippen LogP contribution in [0.25, 0.3) is 0 Å². The standard InChI is InChI=1S/C21H30N2O4S/c1-5-23(6-2)20(25)17-12(4)16(21(26)27-7-3)19(28-17)22-18(24)15-11-13-8-9-14(15)10-13/h13-15H,5-11H2,1-4H3,(H,22,24). The Bertz CT molecular complexity index is 769. The molecular weight excluding hydrogens is 376 g/mol. The number of hydrogen-bond acceptors (Lipinski definition) is 5. The second-order valence-corrected chi connectivity index (χ2v) is 8.75. The van der Waals surface area contributed by atoms with Gasteiger partial charge in [0.2, 0.25) is 5.91 Å². The van der Waals surface area contributed by atoms with Crippen molar-refractivity contribution < 1.29 is 19.1 Å². The molecule has 2 aliphatic rings. The quantitative estimate of drug-likeness (QED) is 0.692. The molecule has 1 aromatic heterocycles. The van der Waals surface area contributed by atoms with E-state index in [4.69, 9.17) is 4.74 Å². The smallest absolute Gasteiger partial charge is 0.341 e. The molecule has 2 amide bonds. The maximum atomic E-state index is 12.9. The fourth-order valence-electron chi connectivity index (χ4n) is 4.68. The molecule has 2 aliphatic carbocycles. The van der Waals surface area contributed by atoms with E-state index in [0.29, 0.717) is 45.9 Å². The Morgan fingerprint density at radius 2 is 1.86 bits per heavy atom. The Hall–Kier alpha value is -1.89. The number of nitrogens with one attached hydrogen (secondary N) is 1. The minimum absolute atomic E-state index is 0.0122. The van der Waals surface area contributed by atoms with Gasteiger partial charge in [0.1, 0.15) is 5.00 Å². The van der Waals surface area contributed by atoms with E-state index in [0.717, 1.165) is 19.3 Å². The van der Waals surface area contributed by atoms with E-state index in [1.165, 1.54) is 17.8 Å². The van der Waals surface area contributed by atoms with Crippen molar-refractivity contribution in [1.82, 2.24) is 4.90 Å². The molecule has 7 heteroatoms. The predicted octanol–water partition coefficient (Wildman–Crippen LogP) is 4.09. The molecule has 154 valence electrons. The Balaban J connectivity index is 1.89. The van der Waals surface area contributed by atoms with E-state index in [9.17, 15) is 14.4 Å². The maximum absolute atomic E-state index is 12.9. The zero-order valence-electron chi connectivity index (χ0n) is 17.2. The molecule has 6 nitrogen and oxygen atoms in total. The van der Waals surface area contributed by atoms with E-state index >= 15 is 0 Å². The summed E-state index contributed by atoms with van der Waals surface area (Å²) in [7, 11) is 0. The van der Waals surface area contributed by atoms with Crippen molar-refractivity contribution >= 4 is 34.1 Å². The number of nitrogens with zero attached hydrogens (tertiary/aromatic N) is 1. The van der Waals surface area contributed by atoms with E-state index in [1.807, 2.05) is 13.8 Å². The van der Waals surface area contributed by atoms with Crippen molar-refractivity contribution in [3.8, 4) is 0 Å². The molecule has 1 N–H and O–H groups in total. The van der Waals surface area contributed by atoms with Crippen LogP contribution in [0, 0.1) is 24.7 Å². The Morgan fingerprint density at radius 3 is 2.39 bits per heavy atom. The van der Waals surface area contributed by atoms with Crippen molar-refractivity contribution in [2.75, 3.05) is 25.0 Å². The second kappa shape index (κ2) is 8.64. The highest BCUT2D eigenvalue weighted by Crippen LogP contribution is 2.49. The zero-order chi connectivity index (χ0) is 20.4. The number of fused-ring (bicyclic) bond motifs is 2. The van der Waals surface area contributed by atoms with Gasteiger partial charge in [0, 0.05) is 19.0 Å². The molecule has 1 heterocycles. The number of esters is 1. The molecule has 3 atom stereocenters. The molecule has 3 rings (SSSR count). The summed E-state index contributed by atoms with van der Waals surface area (Å²) in [5.41, 5.74) is 0.905. The summed E-state index contributed by atoms with van der Waals surface area (Å²) < 4.78 is 5.20. The number of anilines is 1. The Kier molecular flexibility index (Phi) is 6.43. The molecule has 0 saturated heterocycles. The number of carbonyl (C=O) groups excluding carboxylic acids is 3. The van der Waals surface area contributed by atoms with Gasteiger partial charge in [-0.2, -0.15) is 0 Å². The minimum atomic E-state index is -0.488. The number of amides is 2. The molecule has 0 spiro atoms. The lowest BCUT2D eigenvalue weighted by Gasteiger charge is -2.20. The Morgan fingerprint density at radius 1 is 1.14 bits per heavy atom. The summed E-state index contributed by atoms with van der Waals surface area (Å²) in [6.45, 7) is 8.78.